The fourth-order valence-corrected chi connectivity index (χ4v) is 5.12. The molecule has 1 saturated heterocycles. The molecule has 2 heterocycles. The number of aliphatic carboxylic acids is 2. The average Bonchev–Trinajstić information content (AvgIpc) is 3.52. The minimum absolute atomic E-state index is 0.320. The first-order valence-electron chi connectivity index (χ1n) is 11.9. The van der Waals surface area contributed by atoms with Crippen molar-refractivity contribution in [1.82, 2.24) is 15.5 Å². The molecule has 2 aliphatic heterocycles. The van der Waals surface area contributed by atoms with E-state index in [0.717, 1.165) is 36.0 Å². The van der Waals surface area contributed by atoms with E-state index in [1.807, 2.05) is 30.3 Å². The van der Waals surface area contributed by atoms with E-state index >= 15 is 0 Å². The lowest BCUT2D eigenvalue weighted by atomic mass is 10.0. The summed E-state index contributed by atoms with van der Waals surface area (Å²) in [5.74, 6) is -1.35. The van der Waals surface area contributed by atoms with Crippen LogP contribution in [0.4, 0.5) is 0 Å². The SMILES string of the molecule is O=C(O)C(CCc1ccccc1)N[C@@H](CCCCNC1=NCCS1)C(=O)N1CCC[C@H]1C(=O)O. The molecule has 34 heavy (non-hydrogen) atoms. The maximum atomic E-state index is 13.3. The molecule has 1 amide bonds. The molecule has 0 bridgehead atoms. The summed E-state index contributed by atoms with van der Waals surface area (Å²) in [7, 11) is 0. The minimum atomic E-state index is -1.01. The molecule has 0 spiro atoms. The molecule has 1 fully saturated rings. The Balaban J connectivity index is 1.61. The summed E-state index contributed by atoms with van der Waals surface area (Å²) in [6.07, 6.45) is 3.91. The molecule has 3 rings (SSSR count). The largest absolute Gasteiger partial charge is 0.480 e. The van der Waals surface area contributed by atoms with E-state index < -0.39 is 30.1 Å². The van der Waals surface area contributed by atoms with Crippen LogP contribution < -0.4 is 10.6 Å². The van der Waals surface area contributed by atoms with Gasteiger partial charge in [0, 0.05) is 18.8 Å². The van der Waals surface area contributed by atoms with Gasteiger partial charge in [0.25, 0.3) is 0 Å². The Bertz CT molecular complexity index is 866. The number of hydrogen-bond acceptors (Lipinski definition) is 7. The summed E-state index contributed by atoms with van der Waals surface area (Å²) in [5.41, 5.74) is 1.03. The second kappa shape index (κ2) is 13.3. The fraction of sp³-hybridized carbons (Fsp3) is 0.583. The number of carbonyl (C=O) groups excluding carboxylic acids is 1. The lowest BCUT2D eigenvalue weighted by molar-refractivity contribution is -0.149. The van der Waals surface area contributed by atoms with Crippen molar-refractivity contribution in [3.05, 3.63) is 35.9 Å². The monoisotopic (exact) mass is 490 g/mol. The first-order chi connectivity index (χ1) is 16.5. The minimum Gasteiger partial charge on any atom is -0.480 e. The predicted molar refractivity (Wildman–Crippen MR) is 132 cm³/mol. The topological polar surface area (TPSA) is 131 Å². The van der Waals surface area contributed by atoms with Gasteiger partial charge in [-0.1, -0.05) is 42.1 Å². The molecule has 1 aromatic carbocycles. The molecule has 186 valence electrons. The highest BCUT2D eigenvalue weighted by Gasteiger charge is 2.38. The summed E-state index contributed by atoms with van der Waals surface area (Å²) in [5, 5.41) is 26.6. The van der Waals surface area contributed by atoms with Crippen LogP contribution in [0.3, 0.4) is 0 Å². The lowest BCUT2D eigenvalue weighted by Gasteiger charge is -2.29. The lowest BCUT2D eigenvalue weighted by Crippen LogP contribution is -2.54. The van der Waals surface area contributed by atoms with Gasteiger partial charge in [-0.05, 0) is 50.5 Å². The molecule has 0 aromatic heterocycles. The fourth-order valence-electron chi connectivity index (χ4n) is 4.35. The van der Waals surface area contributed by atoms with Crippen LogP contribution in [0.25, 0.3) is 0 Å². The van der Waals surface area contributed by atoms with Gasteiger partial charge < -0.3 is 20.4 Å². The molecular weight excluding hydrogens is 456 g/mol. The highest BCUT2D eigenvalue weighted by molar-refractivity contribution is 8.14. The van der Waals surface area contributed by atoms with Gasteiger partial charge in [-0.25, -0.2) is 4.79 Å². The van der Waals surface area contributed by atoms with Gasteiger partial charge in [0.15, 0.2) is 5.17 Å². The third kappa shape index (κ3) is 7.73. The Morgan fingerprint density at radius 1 is 1.12 bits per heavy atom. The van der Waals surface area contributed by atoms with Crippen molar-refractivity contribution in [2.75, 3.05) is 25.4 Å². The van der Waals surface area contributed by atoms with E-state index in [2.05, 4.69) is 15.6 Å². The quantitative estimate of drug-likeness (QED) is 0.309. The summed E-state index contributed by atoms with van der Waals surface area (Å²) in [6.45, 7) is 1.94. The van der Waals surface area contributed by atoms with E-state index in [1.54, 1.807) is 11.8 Å². The number of thioether (sulfide) groups is 1. The Morgan fingerprint density at radius 3 is 2.59 bits per heavy atom. The number of carboxylic acids is 2. The Hall–Kier alpha value is -2.59. The van der Waals surface area contributed by atoms with Crippen molar-refractivity contribution in [1.29, 1.82) is 0 Å². The van der Waals surface area contributed by atoms with E-state index in [1.165, 1.54) is 4.90 Å². The summed E-state index contributed by atoms with van der Waals surface area (Å²) in [4.78, 5) is 42.7. The second-order valence-electron chi connectivity index (χ2n) is 8.62. The van der Waals surface area contributed by atoms with Crippen LogP contribution in [-0.4, -0.2) is 81.6 Å². The number of unbranched alkanes of at least 4 members (excludes halogenated alkanes) is 1. The first kappa shape index (κ1) is 26.0. The number of amides is 1. The van der Waals surface area contributed by atoms with Gasteiger partial charge in [-0.2, -0.15) is 0 Å². The van der Waals surface area contributed by atoms with Crippen molar-refractivity contribution in [3.8, 4) is 0 Å². The number of rotatable bonds is 13. The van der Waals surface area contributed by atoms with Crippen LogP contribution in [0.5, 0.6) is 0 Å². The van der Waals surface area contributed by atoms with Crippen molar-refractivity contribution in [3.63, 3.8) is 0 Å². The molecule has 1 unspecified atom stereocenters. The van der Waals surface area contributed by atoms with Crippen LogP contribution in [0, 0.1) is 0 Å². The molecule has 0 saturated carbocycles. The number of aliphatic imine (C=N–C) groups is 1. The van der Waals surface area contributed by atoms with E-state index in [0.29, 0.717) is 45.1 Å². The maximum absolute atomic E-state index is 13.3. The van der Waals surface area contributed by atoms with Crippen LogP contribution in [0.2, 0.25) is 0 Å². The van der Waals surface area contributed by atoms with E-state index in [9.17, 15) is 24.6 Å². The summed E-state index contributed by atoms with van der Waals surface area (Å²) < 4.78 is 0. The predicted octanol–water partition coefficient (Wildman–Crippen LogP) is 1.97. The number of nitrogens with one attached hydrogen (secondary N) is 2. The van der Waals surface area contributed by atoms with Gasteiger partial charge in [0.1, 0.15) is 12.1 Å². The van der Waals surface area contributed by atoms with Crippen LogP contribution in [-0.2, 0) is 20.8 Å². The van der Waals surface area contributed by atoms with Gasteiger partial charge in [0.05, 0.1) is 12.6 Å². The van der Waals surface area contributed by atoms with E-state index in [4.69, 9.17) is 0 Å². The number of carbonyl (C=O) groups is 3. The van der Waals surface area contributed by atoms with Crippen molar-refractivity contribution >= 4 is 34.8 Å². The van der Waals surface area contributed by atoms with Crippen LogP contribution in [0.1, 0.15) is 44.1 Å². The molecule has 9 nitrogen and oxygen atoms in total. The Kier molecular flexibility index (Phi) is 10.2. The number of amidine groups is 1. The molecule has 4 N–H and O–H groups in total. The van der Waals surface area contributed by atoms with Gasteiger partial charge in [0.2, 0.25) is 5.91 Å². The highest BCUT2D eigenvalue weighted by atomic mass is 32.2. The van der Waals surface area contributed by atoms with Crippen molar-refractivity contribution in [2.45, 2.75) is 63.1 Å². The average molecular weight is 491 g/mol. The van der Waals surface area contributed by atoms with E-state index in [-0.39, 0.29) is 5.91 Å². The molecule has 3 atom stereocenters. The first-order valence-corrected chi connectivity index (χ1v) is 12.9. The highest BCUT2D eigenvalue weighted by Crippen LogP contribution is 2.20. The third-order valence-electron chi connectivity index (χ3n) is 6.17. The standard InChI is InChI=1S/C24H34N4O5S/c29-21(28-15-6-10-20(28)23(32)33)18(9-4-5-13-25-24-26-14-16-34-24)27-19(22(30)31)12-11-17-7-2-1-3-8-17/h1-3,7-8,18-20,27H,4-6,9-16H2,(H,25,26)(H,30,31)(H,32,33)/t18-,19?,20-/m0/s1. The molecular formula is C24H34N4O5S. The number of hydrogen-bond donors (Lipinski definition) is 4. The molecule has 1 aromatic rings. The third-order valence-corrected chi connectivity index (χ3v) is 7.10. The number of benzene rings is 1. The number of nitrogens with zero attached hydrogens (tertiary/aromatic N) is 2. The van der Waals surface area contributed by atoms with Crippen molar-refractivity contribution in [2.24, 2.45) is 4.99 Å². The Morgan fingerprint density at radius 2 is 1.91 bits per heavy atom. The molecule has 0 radical (unpaired) electrons. The zero-order valence-electron chi connectivity index (χ0n) is 19.3. The number of carboxylic acid groups (broad SMARTS) is 2. The zero-order chi connectivity index (χ0) is 24.3. The number of aryl methyl sites for hydroxylation is 1. The number of likely N-dealkylation sites (tertiary alicyclic amines) is 1. The summed E-state index contributed by atoms with van der Waals surface area (Å²) in [6, 6.07) is 7.14. The second-order valence-corrected chi connectivity index (χ2v) is 9.70. The van der Waals surface area contributed by atoms with Crippen molar-refractivity contribution < 1.29 is 24.6 Å². The molecule has 10 heteroatoms. The molecule has 0 aliphatic carbocycles. The van der Waals surface area contributed by atoms with Crippen LogP contribution in [0.15, 0.2) is 35.3 Å². The van der Waals surface area contributed by atoms with Gasteiger partial charge >= 0.3 is 11.9 Å². The zero-order valence-corrected chi connectivity index (χ0v) is 20.1. The Labute approximate surface area is 204 Å². The van der Waals surface area contributed by atoms with Gasteiger partial charge in [-0.15, -0.1) is 0 Å². The smallest absolute Gasteiger partial charge is 0.326 e. The maximum Gasteiger partial charge on any atom is 0.326 e. The summed E-state index contributed by atoms with van der Waals surface area (Å²) >= 11 is 1.69. The van der Waals surface area contributed by atoms with Crippen LogP contribution >= 0.6 is 11.8 Å². The van der Waals surface area contributed by atoms with Gasteiger partial charge in [-0.3, -0.25) is 19.9 Å². The normalized spacial score (nSPS) is 19.5. The molecule has 2 aliphatic rings.